The zero-order valence-corrected chi connectivity index (χ0v) is 5.61. The van der Waals surface area contributed by atoms with Gasteiger partial charge in [0.15, 0.2) is 0 Å². The number of likely N-dealkylation sites (N-methyl/N-ethyl adjacent to an activating group) is 1. The van der Waals surface area contributed by atoms with Crippen molar-refractivity contribution in [3.8, 4) is 0 Å². The lowest BCUT2D eigenvalue weighted by Gasteiger charge is -2.10. The van der Waals surface area contributed by atoms with Gasteiger partial charge in [0.2, 0.25) is 0 Å². The van der Waals surface area contributed by atoms with Crippen LogP contribution in [0.15, 0.2) is 11.5 Å². The van der Waals surface area contributed by atoms with E-state index >= 15 is 0 Å². The van der Waals surface area contributed by atoms with E-state index < -0.39 is 0 Å². The number of rotatable bonds is 1. The highest BCUT2D eigenvalue weighted by molar-refractivity contribution is 8.03. The molecule has 1 rings (SSSR count). The predicted octanol–water partition coefficient (Wildman–Crippen LogP) is 0.120. The molecule has 0 aromatic rings. The van der Waals surface area contributed by atoms with E-state index in [0.29, 0.717) is 6.04 Å². The monoisotopic (exact) mass is 130 g/mol. The van der Waals surface area contributed by atoms with Gasteiger partial charge >= 0.3 is 0 Å². The number of thioether (sulfide) groups is 1. The van der Waals surface area contributed by atoms with Crippen molar-refractivity contribution < 1.29 is 0 Å². The summed E-state index contributed by atoms with van der Waals surface area (Å²) >= 11 is 1.66. The molecular formula is C5H10N2S. The zero-order chi connectivity index (χ0) is 5.98. The summed E-state index contributed by atoms with van der Waals surface area (Å²) in [4.78, 5) is 0. The SMILES string of the molecule is CNC1C=CSC1N. The Hall–Kier alpha value is 0.01000. The van der Waals surface area contributed by atoms with Gasteiger partial charge in [-0.15, -0.1) is 11.8 Å². The van der Waals surface area contributed by atoms with Gasteiger partial charge in [-0.1, -0.05) is 6.08 Å². The van der Waals surface area contributed by atoms with Crippen LogP contribution in [0.3, 0.4) is 0 Å². The molecule has 1 aliphatic heterocycles. The van der Waals surface area contributed by atoms with Gasteiger partial charge in [0.05, 0.1) is 11.4 Å². The number of hydrogen-bond donors (Lipinski definition) is 2. The first-order chi connectivity index (χ1) is 3.84. The lowest BCUT2D eigenvalue weighted by atomic mass is 10.3. The lowest BCUT2D eigenvalue weighted by Crippen LogP contribution is -2.36. The van der Waals surface area contributed by atoms with Crippen molar-refractivity contribution in [2.24, 2.45) is 5.73 Å². The third kappa shape index (κ3) is 1.05. The fraction of sp³-hybridized carbons (Fsp3) is 0.600. The van der Waals surface area contributed by atoms with Crippen LogP contribution in [0, 0.1) is 0 Å². The first kappa shape index (κ1) is 6.13. The molecule has 0 bridgehead atoms. The topological polar surface area (TPSA) is 38.0 Å². The minimum atomic E-state index is 0.222. The van der Waals surface area contributed by atoms with Crippen LogP contribution in [-0.4, -0.2) is 18.5 Å². The maximum Gasteiger partial charge on any atom is 0.0740 e. The fourth-order valence-electron chi connectivity index (χ4n) is 0.675. The first-order valence-corrected chi connectivity index (χ1v) is 3.54. The van der Waals surface area contributed by atoms with E-state index in [1.807, 2.05) is 12.5 Å². The van der Waals surface area contributed by atoms with Crippen LogP contribution in [0.1, 0.15) is 0 Å². The summed E-state index contributed by atoms with van der Waals surface area (Å²) in [5.74, 6) is 0. The van der Waals surface area contributed by atoms with Crippen molar-refractivity contribution in [1.82, 2.24) is 5.32 Å². The van der Waals surface area contributed by atoms with Gasteiger partial charge in [0.25, 0.3) is 0 Å². The molecule has 0 aromatic heterocycles. The van der Waals surface area contributed by atoms with Crippen molar-refractivity contribution in [3.63, 3.8) is 0 Å². The highest BCUT2D eigenvalue weighted by Crippen LogP contribution is 2.19. The molecular weight excluding hydrogens is 120 g/mol. The van der Waals surface area contributed by atoms with Crippen molar-refractivity contribution in [1.29, 1.82) is 0 Å². The molecule has 0 amide bonds. The van der Waals surface area contributed by atoms with Crippen molar-refractivity contribution in [3.05, 3.63) is 11.5 Å². The normalized spacial score (nSPS) is 36.2. The Morgan fingerprint density at radius 3 is 2.75 bits per heavy atom. The molecule has 3 heteroatoms. The third-order valence-corrected chi connectivity index (χ3v) is 2.13. The summed E-state index contributed by atoms with van der Waals surface area (Å²) in [7, 11) is 1.92. The minimum absolute atomic E-state index is 0.222. The molecule has 0 saturated carbocycles. The average Bonchev–Trinajstić information content (AvgIpc) is 2.14. The molecule has 2 unspecified atom stereocenters. The highest BCUT2D eigenvalue weighted by atomic mass is 32.2. The number of hydrogen-bond acceptors (Lipinski definition) is 3. The summed E-state index contributed by atoms with van der Waals surface area (Å²) in [6.45, 7) is 0. The maximum atomic E-state index is 5.63. The van der Waals surface area contributed by atoms with Crippen LogP contribution < -0.4 is 11.1 Å². The summed E-state index contributed by atoms with van der Waals surface area (Å²) in [6, 6.07) is 0.375. The lowest BCUT2D eigenvalue weighted by molar-refractivity contribution is 0.654. The molecule has 3 N–H and O–H groups in total. The number of nitrogens with one attached hydrogen (secondary N) is 1. The standard InChI is InChI=1S/C5H10N2S/c1-7-4-2-3-8-5(4)6/h2-5,7H,6H2,1H3. The van der Waals surface area contributed by atoms with Gasteiger partial charge < -0.3 is 11.1 Å². The van der Waals surface area contributed by atoms with E-state index in [1.54, 1.807) is 11.8 Å². The second-order valence-corrected chi connectivity index (χ2v) is 2.83. The van der Waals surface area contributed by atoms with Crippen molar-refractivity contribution in [2.45, 2.75) is 11.4 Å². The van der Waals surface area contributed by atoms with E-state index in [0.717, 1.165) is 0 Å². The Morgan fingerprint density at radius 1 is 1.75 bits per heavy atom. The van der Waals surface area contributed by atoms with Gasteiger partial charge in [-0.3, -0.25) is 0 Å². The maximum absolute atomic E-state index is 5.63. The van der Waals surface area contributed by atoms with Crippen LogP contribution in [0.25, 0.3) is 0 Å². The van der Waals surface area contributed by atoms with Crippen LogP contribution >= 0.6 is 11.8 Å². The Balaban J connectivity index is 2.41. The Morgan fingerprint density at radius 2 is 2.50 bits per heavy atom. The molecule has 0 aliphatic carbocycles. The van der Waals surface area contributed by atoms with Crippen molar-refractivity contribution >= 4 is 11.8 Å². The van der Waals surface area contributed by atoms with Gasteiger partial charge in [-0.2, -0.15) is 0 Å². The van der Waals surface area contributed by atoms with E-state index in [-0.39, 0.29) is 5.37 Å². The molecule has 0 spiro atoms. The Labute approximate surface area is 53.5 Å². The largest absolute Gasteiger partial charge is 0.318 e. The molecule has 0 aromatic carbocycles. The fourth-order valence-corrected chi connectivity index (χ4v) is 1.51. The molecule has 46 valence electrons. The van der Waals surface area contributed by atoms with Crippen LogP contribution in [0.2, 0.25) is 0 Å². The smallest absolute Gasteiger partial charge is 0.0740 e. The van der Waals surface area contributed by atoms with E-state index in [4.69, 9.17) is 5.73 Å². The van der Waals surface area contributed by atoms with E-state index in [1.165, 1.54) is 0 Å². The van der Waals surface area contributed by atoms with E-state index in [9.17, 15) is 0 Å². The zero-order valence-electron chi connectivity index (χ0n) is 4.79. The quantitative estimate of drug-likeness (QED) is 0.529. The minimum Gasteiger partial charge on any atom is -0.318 e. The molecule has 1 aliphatic rings. The Kier molecular flexibility index (Phi) is 1.94. The summed E-state index contributed by atoms with van der Waals surface area (Å²) < 4.78 is 0. The van der Waals surface area contributed by atoms with Crippen LogP contribution in [-0.2, 0) is 0 Å². The van der Waals surface area contributed by atoms with E-state index in [2.05, 4.69) is 11.4 Å². The molecule has 0 radical (unpaired) electrons. The van der Waals surface area contributed by atoms with Crippen molar-refractivity contribution in [2.75, 3.05) is 7.05 Å². The van der Waals surface area contributed by atoms with Gasteiger partial charge in [-0.25, -0.2) is 0 Å². The van der Waals surface area contributed by atoms with Gasteiger partial charge in [0.1, 0.15) is 0 Å². The molecule has 0 saturated heterocycles. The van der Waals surface area contributed by atoms with Crippen LogP contribution in [0.5, 0.6) is 0 Å². The van der Waals surface area contributed by atoms with Gasteiger partial charge in [0, 0.05) is 0 Å². The highest BCUT2D eigenvalue weighted by Gasteiger charge is 2.16. The summed E-state index contributed by atoms with van der Waals surface area (Å²) in [5, 5.41) is 5.34. The molecule has 1 heterocycles. The first-order valence-electron chi connectivity index (χ1n) is 2.59. The summed E-state index contributed by atoms with van der Waals surface area (Å²) in [6.07, 6.45) is 2.08. The Bertz CT molecular complexity index is 103. The summed E-state index contributed by atoms with van der Waals surface area (Å²) in [5.41, 5.74) is 5.63. The van der Waals surface area contributed by atoms with Crippen LogP contribution in [0.4, 0.5) is 0 Å². The third-order valence-electron chi connectivity index (χ3n) is 1.21. The molecule has 2 nitrogen and oxygen atoms in total. The number of nitrogens with two attached hydrogens (primary N) is 1. The second kappa shape index (κ2) is 2.53. The predicted molar refractivity (Wildman–Crippen MR) is 37.6 cm³/mol. The second-order valence-electron chi connectivity index (χ2n) is 1.74. The molecule has 0 fully saturated rings. The average molecular weight is 130 g/mol. The van der Waals surface area contributed by atoms with Gasteiger partial charge in [-0.05, 0) is 12.5 Å². The molecule has 2 atom stereocenters. The molecule has 8 heavy (non-hydrogen) atoms.